The van der Waals surface area contributed by atoms with Crippen LogP contribution in [0, 0.1) is 25.7 Å². The fourth-order valence-electron chi connectivity index (χ4n) is 5.56. The molecule has 1 aromatic carbocycles. The van der Waals surface area contributed by atoms with Gasteiger partial charge in [-0.15, -0.1) is 0 Å². The van der Waals surface area contributed by atoms with Crippen LogP contribution in [-0.4, -0.2) is 39.3 Å². The molecule has 2 heterocycles. The van der Waals surface area contributed by atoms with Gasteiger partial charge in [-0.2, -0.15) is 0 Å². The van der Waals surface area contributed by atoms with Crippen LogP contribution in [0.15, 0.2) is 30.3 Å². The van der Waals surface area contributed by atoms with Crippen LogP contribution in [-0.2, 0) is 9.59 Å². The number of rotatable bonds is 7. The lowest BCUT2D eigenvalue weighted by atomic mass is 9.83. The summed E-state index contributed by atoms with van der Waals surface area (Å²) in [6.07, 6.45) is 8.06. The van der Waals surface area contributed by atoms with E-state index in [4.69, 9.17) is 9.97 Å². The van der Waals surface area contributed by atoms with E-state index in [-0.39, 0.29) is 29.7 Å². The Morgan fingerprint density at radius 2 is 1.83 bits per heavy atom. The first-order chi connectivity index (χ1) is 16.9. The Balaban J connectivity index is 1.62. The number of aromatic nitrogens is 2. The Morgan fingerprint density at radius 3 is 2.54 bits per heavy atom. The van der Waals surface area contributed by atoms with E-state index >= 15 is 0 Å². The van der Waals surface area contributed by atoms with Crippen molar-refractivity contribution in [3.8, 4) is 11.3 Å². The van der Waals surface area contributed by atoms with Crippen molar-refractivity contribution in [3.63, 3.8) is 0 Å². The molecule has 188 valence electrons. The molecule has 6 nitrogen and oxygen atoms in total. The Labute approximate surface area is 209 Å². The van der Waals surface area contributed by atoms with Gasteiger partial charge in [0.15, 0.2) is 0 Å². The highest BCUT2D eigenvalue weighted by atomic mass is 16.2. The highest BCUT2D eigenvalue weighted by molar-refractivity contribution is 5.89. The Bertz CT molecular complexity index is 1050. The van der Waals surface area contributed by atoms with E-state index in [0.717, 1.165) is 61.9 Å². The monoisotopic (exact) mass is 476 g/mol. The normalized spacial score (nSPS) is 20.5. The van der Waals surface area contributed by atoms with Gasteiger partial charge in [-0.1, -0.05) is 56.9 Å². The molecule has 2 aliphatic rings. The van der Waals surface area contributed by atoms with Crippen LogP contribution in [0.3, 0.4) is 0 Å². The first-order valence-electron chi connectivity index (χ1n) is 13.4. The first-order valence-corrected chi connectivity index (χ1v) is 13.4. The predicted octanol–water partition coefficient (Wildman–Crippen LogP) is 5.54. The summed E-state index contributed by atoms with van der Waals surface area (Å²) in [6.45, 7) is 8.65. The summed E-state index contributed by atoms with van der Waals surface area (Å²) in [5.74, 6) is 0.883. The zero-order valence-electron chi connectivity index (χ0n) is 21.7. The summed E-state index contributed by atoms with van der Waals surface area (Å²) >= 11 is 0. The van der Waals surface area contributed by atoms with Gasteiger partial charge < -0.3 is 10.2 Å². The molecule has 1 aromatic heterocycles. The molecule has 1 saturated heterocycles. The second-order valence-electron chi connectivity index (χ2n) is 10.5. The fraction of sp³-hybridized carbons (Fsp3) is 0.586. The van der Waals surface area contributed by atoms with Crippen molar-refractivity contribution in [1.29, 1.82) is 0 Å². The zero-order valence-corrected chi connectivity index (χ0v) is 21.7. The van der Waals surface area contributed by atoms with Gasteiger partial charge in [0.05, 0.1) is 17.4 Å². The van der Waals surface area contributed by atoms with Gasteiger partial charge in [0.1, 0.15) is 11.9 Å². The Kier molecular flexibility index (Phi) is 8.19. The van der Waals surface area contributed by atoms with E-state index in [1.807, 2.05) is 37.8 Å². The van der Waals surface area contributed by atoms with Gasteiger partial charge in [0, 0.05) is 18.0 Å². The molecule has 2 fully saturated rings. The summed E-state index contributed by atoms with van der Waals surface area (Å²) in [5.41, 5.74) is 4.04. The van der Waals surface area contributed by atoms with Crippen LogP contribution in [0.2, 0.25) is 0 Å². The number of carbonyl (C=O) groups excluding carboxylic acids is 2. The number of amides is 2. The highest BCUT2D eigenvalue weighted by Crippen LogP contribution is 2.35. The molecule has 4 rings (SSSR count). The number of nitrogens with one attached hydrogen (secondary N) is 1. The molecule has 0 radical (unpaired) electrons. The maximum atomic E-state index is 14.0. The van der Waals surface area contributed by atoms with E-state index in [0.29, 0.717) is 12.4 Å². The van der Waals surface area contributed by atoms with Crippen LogP contribution < -0.4 is 5.32 Å². The summed E-state index contributed by atoms with van der Waals surface area (Å²) in [5, 5.41) is 3.18. The van der Waals surface area contributed by atoms with Gasteiger partial charge in [0.25, 0.3) is 0 Å². The number of hydrogen-bond donors (Lipinski definition) is 1. The van der Waals surface area contributed by atoms with Crippen molar-refractivity contribution >= 4 is 11.8 Å². The van der Waals surface area contributed by atoms with Gasteiger partial charge in [-0.3, -0.25) is 9.59 Å². The number of likely N-dealkylation sites (tertiary alicyclic amines) is 1. The molecule has 1 N–H and O–H groups in total. The third-order valence-corrected chi connectivity index (χ3v) is 7.79. The van der Waals surface area contributed by atoms with Crippen LogP contribution in [0.4, 0.5) is 0 Å². The van der Waals surface area contributed by atoms with E-state index in [2.05, 4.69) is 30.4 Å². The average Bonchev–Trinajstić information content (AvgIpc) is 3.36. The summed E-state index contributed by atoms with van der Waals surface area (Å²) in [4.78, 5) is 38.4. The number of carbonyl (C=O) groups is 2. The van der Waals surface area contributed by atoms with Crippen LogP contribution >= 0.6 is 0 Å². The number of benzene rings is 1. The van der Waals surface area contributed by atoms with Crippen LogP contribution in [0.1, 0.15) is 88.3 Å². The van der Waals surface area contributed by atoms with Crippen molar-refractivity contribution in [3.05, 3.63) is 47.4 Å². The molecule has 3 atom stereocenters. The number of nitrogens with zero attached hydrogens (tertiary/aromatic N) is 3. The minimum Gasteiger partial charge on any atom is -0.344 e. The smallest absolute Gasteiger partial charge is 0.246 e. The highest BCUT2D eigenvalue weighted by Gasteiger charge is 2.39. The summed E-state index contributed by atoms with van der Waals surface area (Å²) < 4.78 is 0. The van der Waals surface area contributed by atoms with E-state index < -0.39 is 6.04 Å². The number of aryl methyl sites for hydroxylation is 2. The molecule has 1 aliphatic heterocycles. The Morgan fingerprint density at radius 1 is 1.06 bits per heavy atom. The molecular weight excluding hydrogens is 436 g/mol. The van der Waals surface area contributed by atoms with E-state index in [1.165, 1.54) is 12.0 Å². The van der Waals surface area contributed by atoms with Crippen molar-refractivity contribution < 1.29 is 9.59 Å². The van der Waals surface area contributed by atoms with Crippen molar-refractivity contribution in [2.75, 3.05) is 6.54 Å². The van der Waals surface area contributed by atoms with Crippen LogP contribution in [0.5, 0.6) is 0 Å². The minimum atomic E-state index is -0.448. The van der Waals surface area contributed by atoms with Crippen molar-refractivity contribution in [2.45, 2.75) is 91.1 Å². The molecule has 1 aliphatic carbocycles. The third kappa shape index (κ3) is 5.91. The molecule has 1 saturated carbocycles. The lowest BCUT2D eigenvalue weighted by Crippen LogP contribution is -2.53. The van der Waals surface area contributed by atoms with Crippen molar-refractivity contribution in [2.24, 2.45) is 11.8 Å². The van der Waals surface area contributed by atoms with Crippen LogP contribution in [0.25, 0.3) is 11.3 Å². The van der Waals surface area contributed by atoms with Crippen molar-refractivity contribution in [1.82, 2.24) is 20.2 Å². The largest absolute Gasteiger partial charge is 0.344 e. The predicted molar refractivity (Wildman–Crippen MR) is 139 cm³/mol. The standard InChI is InChI=1S/C29H40N4O2/c1-5-20(3)28(34)32-27(22-12-7-6-8-13-22)29(35)33-16-10-15-26(33)25-18-24(30-21(4)31-25)23-14-9-11-19(2)17-23/h9,11,14,17-18,20,22,26-27H,5-8,10,12-13,15-16H2,1-4H3,(H,32,34). The molecule has 6 heteroatoms. The quantitative estimate of drug-likeness (QED) is 0.570. The lowest BCUT2D eigenvalue weighted by Gasteiger charge is -2.35. The molecule has 2 amide bonds. The molecule has 0 spiro atoms. The summed E-state index contributed by atoms with van der Waals surface area (Å²) in [7, 11) is 0. The van der Waals surface area contributed by atoms with Gasteiger partial charge in [0.2, 0.25) is 11.8 Å². The maximum absolute atomic E-state index is 14.0. The maximum Gasteiger partial charge on any atom is 0.246 e. The zero-order chi connectivity index (χ0) is 24.9. The second-order valence-corrected chi connectivity index (χ2v) is 10.5. The SMILES string of the molecule is CCC(C)C(=O)NC(C(=O)N1CCCC1c1cc(-c2cccc(C)c2)nc(C)n1)C1CCCCC1. The fourth-order valence-corrected chi connectivity index (χ4v) is 5.56. The molecular formula is C29H40N4O2. The van der Waals surface area contributed by atoms with E-state index in [1.54, 1.807) is 0 Å². The Hall–Kier alpha value is -2.76. The van der Waals surface area contributed by atoms with Gasteiger partial charge in [-0.05, 0) is 64.0 Å². The van der Waals surface area contributed by atoms with Gasteiger partial charge >= 0.3 is 0 Å². The minimum absolute atomic E-state index is 0.00761. The molecule has 2 aromatic rings. The lowest BCUT2D eigenvalue weighted by molar-refractivity contribution is -0.140. The summed E-state index contributed by atoms with van der Waals surface area (Å²) in [6, 6.07) is 9.84. The molecule has 35 heavy (non-hydrogen) atoms. The topological polar surface area (TPSA) is 75.2 Å². The molecule has 0 bridgehead atoms. The second kappa shape index (κ2) is 11.3. The number of hydrogen-bond acceptors (Lipinski definition) is 4. The molecule has 3 unspecified atom stereocenters. The third-order valence-electron chi connectivity index (χ3n) is 7.79. The van der Waals surface area contributed by atoms with Gasteiger partial charge in [-0.25, -0.2) is 9.97 Å². The van der Waals surface area contributed by atoms with E-state index in [9.17, 15) is 9.59 Å². The average molecular weight is 477 g/mol. The first kappa shape index (κ1) is 25.3.